The molecule has 826 valence electrons. The number of urea groups is 8. The summed E-state index contributed by atoms with van der Waals surface area (Å²) in [7, 11) is 0. The van der Waals surface area contributed by atoms with E-state index in [-0.39, 0.29) is 103 Å². The van der Waals surface area contributed by atoms with Crippen molar-refractivity contribution in [3.8, 4) is 0 Å². The minimum absolute atomic E-state index is 0.0238. The molecular weight excluding hydrogens is 1860 g/mol. The Morgan fingerprint density at radius 3 is 0.786 bits per heavy atom. The van der Waals surface area contributed by atoms with Crippen molar-refractivity contribution >= 4 is 107 Å². The highest BCUT2D eigenvalue weighted by Crippen LogP contribution is 2.23. The summed E-state index contributed by atoms with van der Waals surface area (Å²) in [5, 5.41) is 29.5. The molecule has 40 nitrogen and oxygen atoms in total. The van der Waals surface area contributed by atoms with Crippen LogP contribution in [-0.2, 0) is 47.9 Å². The van der Waals surface area contributed by atoms with Crippen molar-refractivity contribution < 1.29 is 86.3 Å². The van der Waals surface area contributed by atoms with E-state index >= 15 is 0 Å². The topological polar surface area (TPSA) is 512 Å². The van der Waals surface area contributed by atoms with Crippen molar-refractivity contribution in [1.82, 2.24) is 102 Å². The van der Waals surface area contributed by atoms with Gasteiger partial charge in [0.05, 0.1) is 13.3 Å². The number of nitrogens with zero attached hydrogens (tertiary/aromatic N) is 10. The Labute approximate surface area is 864 Å². The second kappa shape index (κ2) is 81.3. The number of carbonyl (C=O) groups excluding carboxylic acids is 18. The lowest BCUT2D eigenvalue weighted by molar-refractivity contribution is -0.145. The fraction of sp³-hybridized carbons (Fsp3) is 0.829. The molecule has 145 heavy (non-hydrogen) atoms. The van der Waals surface area contributed by atoms with Crippen LogP contribution in [-0.4, -0.2) is 314 Å². The van der Waals surface area contributed by atoms with Crippen LogP contribution in [0, 0.1) is 0 Å². The lowest BCUT2D eigenvalue weighted by Gasteiger charge is -2.26. The highest BCUT2D eigenvalue weighted by molar-refractivity contribution is 6.03. The molecule has 0 saturated carbocycles. The molecule has 0 bridgehead atoms. The standard InChI is InChI=1S/C67H120N12O10.C16H27N5O4.C13H20N2O3.C6H11NO.C3H10N2/c80-58(76-54-34-14-19-39-59(76)81)38-18-2-1-10-30-50-74(51-31-11-7-27-47-71-65(87)77-55-35-15-20-40-60(77)82)63(85)69-45-25-5-3-23-43-68-44-24-4-6-26-46-70-64(86)75(52-32-12-8-28-48-72-66(88)78-56-36-16-21-41-61(78)83)53-33-13-9-29-49-73-67(89)79-57-37-17-22-42-62(79)84;22-13-7-3-1-5-9-20(13)15(24)18-11-17-12-19-16(25)21-10-6-2-4-8-14(21)23;16-11-7-3-1-5-9-14(11)13(18)15-10-6-2-4-8-12(15)17;8-6-4-2-1-3-5-7-6;4-2-1-3-5/h68H,1-57H2,(H,69,85)(H,70,86)(H,71,87)(H,72,88)(H,73,89);17H,1-12H2,(H,18,24)(H,19,25);1-10H2;1-5H2,(H,7,8);1-5H2. The molecule has 0 unspecified atom stereocenters. The highest BCUT2D eigenvalue weighted by Gasteiger charge is 2.34. The van der Waals surface area contributed by atoms with E-state index in [0.717, 1.165) is 373 Å². The number of nitrogens with two attached hydrogens (primary N) is 2. The molecule has 9 aliphatic rings. The molecular formula is C105H188N22O18. The molecule has 9 rings (SSSR count). The summed E-state index contributed by atoms with van der Waals surface area (Å²) in [5.74, 6) is -0.680. The summed E-state index contributed by atoms with van der Waals surface area (Å²) in [6.45, 7) is 13.8. The number of imide groups is 8. The minimum atomic E-state index is -0.423. The van der Waals surface area contributed by atoms with Gasteiger partial charge < -0.3 is 69.1 Å². The van der Waals surface area contributed by atoms with Crippen LogP contribution in [0.25, 0.3) is 0 Å². The smallest absolute Gasteiger partial charge is 0.333 e. The highest BCUT2D eigenvalue weighted by atomic mass is 16.2. The Balaban J connectivity index is 0.000000521. The van der Waals surface area contributed by atoms with Crippen LogP contribution < -0.4 is 64.6 Å². The first kappa shape index (κ1) is 126. The molecule has 0 aliphatic carbocycles. The number of unbranched alkanes of at least 4 members (excludes halogenated alkanes) is 19. The van der Waals surface area contributed by atoms with E-state index in [0.29, 0.717) is 169 Å². The van der Waals surface area contributed by atoms with E-state index in [9.17, 15) is 86.3 Å². The number of rotatable bonds is 49. The van der Waals surface area contributed by atoms with E-state index in [4.69, 9.17) is 11.5 Å². The lowest BCUT2D eigenvalue weighted by atomic mass is 10.1. The molecule has 9 heterocycles. The predicted octanol–water partition coefficient (Wildman–Crippen LogP) is 13.6. The Hall–Kier alpha value is -9.70. The Kier molecular flexibility index (Phi) is 70.5. The van der Waals surface area contributed by atoms with Gasteiger partial charge in [0.15, 0.2) is 0 Å². The van der Waals surface area contributed by atoms with Crippen LogP contribution in [0.2, 0.25) is 0 Å². The first-order valence-electron chi connectivity index (χ1n) is 56.6. The third kappa shape index (κ3) is 56.9. The second-order valence-corrected chi connectivity index (χ2v) is 39.7. The molecule has 40 heteroatoms. The van der Waals surface area contributed by atoms with Gasteiger partial charge in [-0.25, -0.2) is 38.4 Å². The predicted molar refractivity (Wildman–Crippen MR) is 559 cm³/mol. The van der Waals surface area contributed by atoms with Gasteiger partial charge >= 0.3 is 48.2 Å². The van der Waals surface area contributed by atoms with Gasteiger partial charge in [0, 0.05) is 182 Å². The minimum Gasteiger partial charge on any atom is -0.356 e. The molecule has 0 aromatic carbocycles. The average molecular weight is 2050 g/mol. The summed E-state index contributed by atoms with van der Waals surface area (Å²) < 4.78 is 0. The van der Waals surface area contributed by atoms with Crippen molar-refractivity contribution in [2.24, 2.45) is 11.5 Å². The van der Waals surface area contributed by atoms with E-state index in [1.807, 2.05) is 9.80 Å². The summed E-state index contributed by atoms with van der Waals surface area (Å²) in [5.41, 5.74) is 10.1. The van der Waals surface area contributed by atoms with Gasteiger partial charge in [-0.15, -0.1) is 0 Å². The van der Waals surface area contributed by atoms with Gasteiger partial charge in [-0.05, 0) is 225 Å². The van der Waals surface area contributed by atoms with Crippen LogP contribution in [0.4, 0.5) is 38.4 Å². The summed E-state index contributed by atoms with van der Waals surface area (Å²) >= 11 is 0. The number of likely N-dealkylation sites (tertiary alicyclic amines) is 8. The molecule has 0 spiro atoms. The maximum Gasteiger partial charge on any atom is 0.333 e. The average Bonchev–Trinajstić information content (AvgIpc) is 1.74. The largest absolute Gasteiger partial charge is 0.356 e. The van der Waals surface area contributed by atoms with E-state index < -0.39 is 18.1 Å². The first-order valence-corrected chi connectivity index (χ1v) is 56.6. The van der Waals surface area contributed by atoms with Crippen molar-refractivity contribution in [2.45, 2.75) is 405 Å². The SMILES string of the molecule is NCCCN.O=C(NCCCCCCNCCCCCCNC(=O)N(CCCCCCNC(=O)N1CCCCCC1=O)CCCCCCNC(=O)N1CCCCCC1=O)N(CCCCCCCC(=O)N1CCCCCC1=O)CCCCCCNC(=O)N1CCCCCC1=O.O=C1CCCCCN1.O=C1CCCCCN1C(=O)N1CCCCCC1=O.O=C1CCCCCN1C(=O)NCNCNC(=O)N1CCCCCC1=O. The van der Waals surface area contributed by atoms with Gasteiger partial charge in [-0.3, -0.25) is 92.5 Å². The van der Waals surface area contributed by atoms with Gasteiger partial charge in [0.2, 0.25) is 59.1 Å². The van der Waals surface area contributed by atoms with Crippen LogP contribution in [0.15, 0.2) is 0 Å². The zero-order valence-electron chi connectivity index (χ0n) is 88.5. The third-order valence-electron chi connectivity index (χ3n) is 27.5. The number of carbonyl (C=O) groups is 18. The van der Waals surface area contributed by atoms with Crippen molar-refractivity contribution in [2.75, 3.05) is 157 Å². The summed E-state index contributed by atoms with van der Waals surface area (Å²) in [6, 6.07) is -2.17. The fourth-order valence-electron chi connectivity index (χ4n) is 18.6. The van der Waals surface area contributed by atoms with Gasteiger partial charge in [0.25, 0.3) is 0 Å². The molecule has 9 saturated heterocycles. The quantitative estimate of drug-likeness (QED) is 0.0199. The molecule has 14 N–H and O–H groups in total. The van der Waals surface area contributed by atoms with Gasteiger partial charge in [-0.2, -0.15) is 0 Å². The molecule has 0 atom stereocenters. The number of hydrogen-bond donors (Lipinski definition) is 12. The van der Waals surface area contributed by atoms with E-state index in [1.165, 1.54) is 45.6 Å². The Bertz CT molecular complexity index is 3450. The van der Waals surface area contributed by atoms with Crippen LogP contribution >= 0.6 is 0 Å². The summed E-state index contributed by atoms with van der Waals surface area (Å²) in [4.78, 5) is 235. The van der Waals surface area contributed by atoms with Gasteiger partial charge in [0.1, 0.15) is 0 Å². The maximum absolute atomic E-state index is 13.5. The second-order valence-electron chi connectivity index (χ2n) is 39.7. The monoisotopic (exact) mass is 2050 g/mol. The zero-order valence-corrected chi connectivity index (χ0v) is 88.5. The van der Waals surface area contributed by atoms with Crippen LogP contribution in [0.3, 0.4) is 0 Å². The Morgan fingerprint density at radius 1 is 0.234 bits per heavy atom. The number of amides is 26. The van der Waals surface area contributed by atoms with Crippen molar-refractivity contribution in [3.63, 3.8) is 0 Å². The zero-order chi connectivity index (χ0) is 105. The Morgan fingerprint density at radius 2 is 0.476 bits per heavy atom. The number of nitrogens with one attached hydrogen (secondary N) is 10. The summed E-state index contributed by atoms with van der Waals surface area (Å²) in [6.07, 6.45) is 53.5. The number of hydrogen-bond acceptors (Lipinski definition) is 22. The van der Waals surface area contributed by atoms with Crippen LogP contribution in [0.1, 0.15) is 405 Å². The van der Waals surface area contributed by atoms with Crippen molar-refractivity contribution in [1.29, 1.82) is 0 Å². The molecule has 9 fully saturated rings. The maximum atomic E-state index is 13.5. The van der Waals surface area contributed by atoms with Crippen molar-refractivity contribution in [3.05, 3.63) is 0 Å². The molecule has 0 aromatic rings. The van der Waals surface area contributed by atoms with Crippen LogP contribution in [0.5, 0.6) is 0 Å². The molecule has 0 aromatic heterocycles. The van der Waals surface area contributed by atoms with Gasteiger partial charge in [-0.1, -0.05) is 141 Å². The van der Waals surface area contributed by atoms with E-state index in [1.54, 1.807) is 0 Å². The van der Waals surface area contributed by atoms with E-state index in [2.05, 4.69) is 53.2 Å². The fourth-order valence-corrected chi connectivity index (χ4v) is 18.6. The normalized spacial score (nSPS) is 17.5. The third-order valence-corrected chi connectivity index (χ3v) is 27.5. The lowest BCUT2D eigenvalue weighted by Crippen LogP contribution is -2.50. The molecule has 26 amide bonds. The molecule has 9 aliphatic heterocycles. The molecule has 0 radical (unpaired) electrons. The first-order chi connectivity index (χ1) is 70.6.